The van der Waals surface area contributed by atoms with Crippen LogP contribution in [0.4, 0.5) is 5.69 Å². The van der Waals surface area contributed by atoms with E-state index in [0.717, 1.165) is 18.7 Å². The van der Waals surface area contributed by atoms with Crippen LogP contribution in [0.25, 0.3) is 0 Å². The first-order chi connectivity index (χ1) is 9.68. The van der Waals surface area contributed by atoms with Crippen molar-refractivity contribution in [3.05, 3.63) is 38.3 Å². The van der Waals surface area contributed by atoms with Crippen LogP contribution in [0.5, 0.6) is 0 Å². The first kappa shape index (κ1) is 15.4. The molecule has 5 nitrogen and oxygen atoms in total. The van der Waals surface area contributed by atoms with Crippen LogP contribution in [0.1, 0.15) is 24.8 Å². The van der Waals surface area contributed by atoms with Crippen LogP contribution in [0.2, 0.25) is 0 Å². The van der Waals surface area contributed by atoms with Crippen molar-refractivity contribution in [2.24, 2.45) is 0 Å². The molecule has 0 unspecified atom stereocenters. The highest BCUT2D eigenvalue weighted by Gasteiger charge is 2.14. The standard InChI is InChI=1S/C14H20BrN3O2/c15-14-12(5-4-6-13(14)18(19)20)11-16-7-10-17-8-2-1-3-9-17/h4-6,16H,1-3,7-11H2. The van der Waals surface area contributed by atoms with Crippen LogP contribution in [-0.4, -0.2) is 36.0 Å². The maximum absolute atomic E-state index is 10.9. The smallest absolute Gasteiger partial charge is 0.283 e. The number of rotatable bonds is 6. The van der Waals surface area contributed by atoms with Gasteiger partial charge in [0, 0.05) is 25.7 Å². The van der Waals surface area contributed by atoms with Crippen molar-refractivity contribution in [3.63, 3.8) is 0 Å². The third-order valence-electron chi connectivity index (χ3n) is 3.62. The van der Waals surface area contributed by atoms with E-state index in [0.29, 0.717) is 11.0 Å². The summed E-state index contributed by atoms with van der Waals surface area (Å²) in [4.78, 5) is 13.0. The molecule has 1 heterocycles. The van der Waals surface area contributed by atoms with Crippen molar-refractivity contribution >= 4 is 21.6 Å². The molecule has 1 aliphatic heterocycles. The Hall–Kier alpha value is -0.980. The summed E-state index contributed by atoms with van der Waals surface area (Å²) in [5.74, 6) is 0. The van der Waals surface area contributed by atoms with Crippen molar-refractivity contribution in [1.82, 2.24) is 10.2 Å². The van der Waals surface area contributed by atoms with Crippen LogP contribution in [0.3, 0.4) is 0 Å². The molecule has 2 rings (SSSR count). The maximum atomic E-state index is 10.9. The number of nitrogens with zero attached hydrogens (tertiary/aromatic N) is 2. The SMILES string of the molecule is O=[N+]([O-])c1cccc(CNCCN2CCCCC2)c1Br. The van der Waals surface area contributed by atoms with Gasteiger partial charge in [0.25, 0.3) is 5.69 Å². The molecule has 1 saturated heterocycles. The summed E-state index contributed by atoms with van der Waals surface area (Å²) in [6.45, 7) is 5.00. The Labute approximate surface area is 127 Å². The van der Waals surface area contributed by atoms with Gasteiger partial charge in [-0.3, -0.25) is 10.1 Å². The summed E-state index contributed by atoms with van der Waals surface area (Å²) in [5, 5.41) is 14.2. The van der Waals surface area contributed by atoms with Gasteiger partial charge in [-0.15, -0.1) is 0 Å². The number of nitro benzene ring substituents is 1. The summed E-state index contributed by atoms with van der Waals surface area (Å²) in [5.41, 5.74) is 1.05. The van der Waals surface area contributed by atoms with Crippen LogP contribution in [0, 0.1) is 10.1 Å². The van der Waals surface area contributed by atoms with E-state index in [-0.39, 0.29) is 10.6 Å². The number of piperidine rings is 1. The van der Waals surface area contributed by atoms with E-state index in [1.54, 1.807) is 6.07 Å². The van der Waals surface area contributed by atoms with Crippen molar-refractivity contribution < 1.29 is 4.92 Å². The van der Waals surface area contributed by atoms with E-state index in [2.05, 4.69) is 26.1 Å². The molecule has 20 heavy (non-hydrogen) atoms. The molecule has 6 heteroatoms. The van der Waals surface area contributed by atoms with Gasteiger partial charge in [0.05, 0.1) is 9.40 Å². The maximum Gasteiger partial charge on any atom is 0.283 e. The second-order valence-electron chi connectivity index (χ2n) is 5.09. The zero-order chi connectivity index (χ0) is 14.4. The zero-order valence-electron chi connectivity index (χ0n) is 11.5. The molecule has 0 aliphatic carbocycles. The van der Waals surface area contributed by atoms with Gasteiger partial charge in [0.15, 0.2) is 0 Å². The number of hydrogen-bond acceptors (Lipinski definition) is 4. The topological polar surface area (TPSA) is 58.4 Å². The quantitative estimate of drug-likeness (QED) is 0.491. The average molecular weight is 342 g/mol. The number of hydrogen-bond donors (Lipinski definition) is 1. The molecule has 0 spiro atoms. The van der Waals surface area contributed by atoms with Gasteiger partial charge in [-0.2, -0.15) is 0 Å². The van der Waals surface area contributed by atoms with Crippen LogP contribution < -0.4 is 5.32 Å². The van der Waals surface area contributed by atoms with Gasteiger partial charge >= 0.3 is 0 Å². The van der Waals surface area contributed by atoms with Crippen molar-refractivity contribution in [2.45, 2.75) is 25.8 Å². The Bertz CT molecular complexity index is 462. The minimum atomic E-state index is -0.360. The monoisotopic (exact) mass is 341 g/mol. The van der Waals surface area contributed by atoms with Crippen LogP contribution in [0.15, 0.2) is 22.7 Å². The molecule has 0 atom stereocenters. The van der Waals surface area contributed by atoms with E-state index in [1.165, 1.54) is 38.4 Å². The fourth-order valence-electron chi connectivity index (χ4n) is 2.49. The third kappa shape index (κ3) is 4.26. The first-order valence-corrected chi connectivity index (χ1v) is 7.82. The second-order valence-corrected chi connectivity index (χ2v) is 5.88. The normalized spacial score (nSPS) is 16.2. The predicted molar refractivity (Wildman–Crippen MR) is 82.8 cm³/mol. The highest BCUT2D eigenvalue weighted by Crippen LogP contribution is 2.28. The van der Waals surface area contributed by atoms with E-state index in [4.69, 9.17) is 0 Å². The van der Waals surface area contributed by atoms with E-state index in [9.17, 15) is 10.1 Å². The number of nitrogens with one attached hydrogen (secondary N) is 1. The zero-order valence-corrected chi connectivity index (χ0v) is 13.1. The molecular formula is C14H20BrN3O2. The average Bonchev–Trinajstić information content (AvgIpc) is 2.46. The molecular weight excluding hydrogens is 322 g/mol. The molecule has 0 saturated carbocycles. The van der Waals surface area contributed by atoms with E-state index >= 15 is 0 Å². The molecule has 0 aromatic heterocycles. The summed E-state index contributed by atoms with van der Waals surface area (Å²) >= 11 is 3.32. The van der Waals surface area contributed by atoms with Crippen molar-refractivity contribution in [3.8, 4) is 0 Å². The number of halogens is 1. The lowest BCUT2D eigenvalue weighted by atomic mass is 10.1. The fourth-order valence-corrected chi connectivity index (χ4v) is 3.04. The van der Waals surface area contributed by atoms with E-state index in [1.807, 2.05) is 6.07 Å². The minimum Gasteiger partial charge on any atom is -0.311 e. The van der Waals surface area contributed by atoms with Gasteiger partial charge in [0.2, 0.25) is 0 Å². The largest absolute Gasteiger partial charge is 0.311 e. The van der Waals surface area contributed by atoms with Crippen molar-refractivity contribution in [2.75, 3.05) is 26.2 Å². The molecule has 0 amide bonds. The van der Waals surface area contributed by atoms with E-state index < -0.39 is 0 Å². The minimum absolute atomic E-state index is 0.125. The lowest BCUT2D eigenvalue weighted by Gasteiger charge is -2.26. The molecule has 1 aliphatic rings. The van der Waals surface area contributed by atoms with Crippen LogP contribution in [-0.2, 0) is 6.54 Å². The summed E-state index contributed by atoms with van der Waals surface area (Å²) in [6, 6.07) is 5.15. The lowest BCUT2D eigenvalue weighted by molar-refractivity contribution is -0.385. The Morgan fingerprint density at radius 1 is 1.30 bits per heavy atom. The Morgan fingerprint density at radius 3 is 2.75 bits per heavy atom. The fraction of sp³-hybridized carbons (Fsp3) is 0.571. The third-order valence-corrected chi connectivity index (χ3v) is 4.54. The van der Waals surface area contributed by atoms with Gasteiger partial charge in [-0.05, 0) is 47.4 Å². The molecule has 0 radical (unpaired) electrons. The summed E-state index contributed by atoms with van der Waals surface area (Å²) in [6.07, 6.45) is 3.96. The predicted octanol–water partition coefficient (Wildman–Crippen LogP) is 2.93. The summed E-state index contributed by atoms with van der Waals surface area (Å²) < 4.78 is 0.579. The van der Waals surface area contributed by atoms with Gasteiger partial charge < -0.3 is 10.2 Å². The lowest BCUT2D eigenvalue weighted by Crippen LogP contribution is -2.35. The molecule has 1 N–H and O–H groups in total. The number of nitro groups is 1. The van der Waals surface area contributed by atoms with Gasteiger partial charge in [-0.1, -0.05) is 18.6 Å². The second kappa shape index (κ2) is 7.71. The molecule has 1 aromatic carbocycles. The van der Waals surface area contributed by atoms with Gasteiger partial charge in [-0.25, -0.2) is 0 Å². The first-order valence-electron chi connectivity index (χ1n) is 7.03. The highest BCUT2D eigenvalue weighted by atomic mass is 79.9. The summed E-state index contributed by atoms with van der Waals surface area (Å²) in [7, 11) is 0. The molecule has 1 aromatic rings. The Kier molecular flexibility index (Phi) is 5.94. The van der Waals surface area contributed by atoms with Gasteiger partial charge in [0.1, 0.15) is 0 Å². The molecule has 110 valence electrons. The highest BCUT2D eigenvalue weighted by molar-refractivity contribution is 9.10. The number of benzene rings is 1. The molecule has 1 fully saturated rings. The van der Waals surface area contributed by atoms with Crippen LogP contribution >= 0.6 is 15.9 Å². The molecule has 0 bridgehead atoms. The Morgan fingerprint density at radius 2 is 2.05 bits per heavy atom. The number of likely N-dealkylation sites (tertiary alicyclic amines) is 1. The Balaban J connectivity index is 1.79. The van der Waals surface area contributed by atoms with Crippen molar-refractivity contribution in [1.29, 1.82) is 0 Å².